The van der Waals surface area contributed by atoms with Gasteiger partial charge in [0.05, 0.1) is 0 Å². The maximum Gasteiger partial charge on any atom is 0.224 e. The van der Waals surface area contributed by atoms with Crippen molar-refractivity contribution in [3.63, 3.8) is 0 Å². The van der Waals surface area contributed by atoms with Crippen LogP contribution < -0.4 is 11.1 Å². The Hall–Kier alpha value is -1.39. The minimum absolute atomic E-state index is 0.0178. The first-order chi connectivity index (χ1) is 8.76. The van der Waals surface area contributed by atoms with Gasteiger partial charge < -0.3 is 15.8 Å². The number of rotatable bonds is 8. The highest BCUT2D eigenvalue weighted by molar-refractivity contribution is 5.90. The van der Waals surface area contributed by atoms with Crippen LogP contribution in [0.5, 0.6) is 0 Å². The lowest BCUT2D eigenvalue weighted by molar-refractivity contribution is -0.116. The van der Waals surface area contributed by atoms with E-state index in [1.54, 1.807) is 0 Å². The molecule has 0 bridgehead atoms. The number of hydrogen-bond acceptors (Lipinski definition) is 3. The number of benzene rings is 1. The molecule has 1 aromatic carbocycles. The summed E-state index contributed by atoms with van der Waals surface area (Å²) in [5, 5.41) is 2.86. The molecule has 3 N–H and O–H groups in total. The molecule has 0 aliphatic carbocycles. The molecule has 4 heteroatoms. The number of nitrogens with one attached hydrogen (secondary N) is 1. The van der Waals surface area contributed by atoms with E-state index in [9.17, 15) is 4.79 Å². The first-order valence-corrected chi connectivity index (χ1v) is 6.43. The second-order valence-corrected chi connectivity index (χ2v) is 4.17. The molecule has 100 valence electrons. The minimum atomic E-state index is 0.0178. The first-order valence-electron chi connectivity index (χ1n) is 6.43. The smallest absolute Gasteiger partial charge is 0.224 e. The van der Waals surface area contributed by atoms with Crippen molar-refractivity contribution in [3.8, 4) is 0 Å². The maximum atomic E-state index is 11.6. The summed E-state index contributed by atoms with van der Waals surface area (Å²) in [4.78, 5) is 11.6. The van der Waals surface area contributed by atoms with Crippen molar-refractivity contribution in [2.24, 2.45) is 5.73 Å². The van der Waals surface area contributed by atoms with Crippen molar-refractivity contribution >= 4 is 11.6 Å². The van der Waals surface area contributed by atoms with Gasteiger partial charge in [-0.3, -0.25) is 4.79 Å². The van der Waals surface area contributed by atoms with E-state index in [1.165, 1.54) is 0 Å². The number of carbonyl (C=O) groups excluding carboxylic acids is 1. The average Bonchev–Trinajstić information content (AvgIpc) is 2.38. The Balaban J connectivity index is 2.26. The number of carbonyl (C=O) groups is 1. The second kappa shape index (κ2) is 8.66. The highest BCUT2D eigenvalue weighted by Gasteiger charge is 2.02. The maximum absolute atomic E-state index is 11.6. The zero-order chi connectivity index (χ0) is 13.2. The Morgan fingerprint density at radius 2 is 2.22 bits per heavy atom. The van der Waals surface area contributed by atoms with Crippen LogP contribution in [0.15, 0.2) is 24.3 Å². The van der Waals surface area contributed by atoms with Gasteiger partial charge in [0.1, 0.15) is 0 Å². The summed E-state index contributed by atoms with van der Waals surface area (Å²) in [6.07, 6.45) is 2.25. The summed E-state index contributed by atoms with van der Waals surface area (Å²) >= 11 is 0. The van der Waals surface area contributed by atoms with Gasteiger partial charge in [-0.05, 0) is 30.5 Å². The molecule has 0 atom stereocenters. The van der Waals surface area contributed by atoms with Crippen LogP contribution in [0.1, 0.15) is 31.7 Å². The van der Waals surface area contributed by atoms with E-state index in [-0.39, 0.29) is 5.91 Å². The summed E-state index contributed by atoms with van der Waals surface area (Å²) in [5.74, 6) is 0.0178. The fraction of sp³-hybridized carbons (Fsp3) is 0.500. The van der Waals surface area contributed by atoms with Crippen molar-refractivity contribution in [2.75, 3.05) is 18.5 Å². The summed E-state index contributed by atoms with van der Waals surface area (Å²) < 4.78 is 5.32. The molecule has 18 heavy (non-hydrogen) atoms. The number of hydrogen-bond donors (Lipinski definition) is 2. The molecule has 1 rings (SSSR count). The van der Waals surface area contributed by atoms with E-state index in [1.807, 2.05) is 24.3 Å². The number of nitrogens with two attached hydrogens (primary N) is 1. The third-order valence-electron chi connectivity index (χ3n) is 2.49. The van der Waals surface area contributed by atoms with Crippen molar-refractivity contribution in [3.05, 3.63) is 29.8 Å². The molecule has 0 spiro atoms. The van der Waals surface area contributed by atoms with E-state index in [2.05, 4.69) is 12.2 Å². The van der Waals surface area contributed by atoms with Crippen LogP contribution in [0.4, 0.5) is 5.69 Å². The molecule has 1 aromatic rings. The fourth-order valence-corrected chi connectivity index (χ4v) is 1.58. The Bertz CT molecular complexity index is 367. The van der Waals surface area contributed by atoms with Crippen molar-refractivity contribution < 1.29 is 9.53 Å². The largest absolute Gasteiger partial charge is 0.381 e. The van der Waals surface area contributed by atoms with E-state index in [0.29, 0.717) is 19.6 Å². The molecule has 0 saturated carbocycles. The summed E-state index contributed by atoms with van der Waals surface area (Å²) in [6, 6.07) is 7.59. The van der Waals surface area contributed by atoms with Crippen LogP contribution >= 0.6 is 0 Å². The van der Waals surface area contributed by atoms with E-state index in [0.717, 1.165) is 30.7 Å². The molecular formula is C14H22N2O2. The topological polar surface area (TPSA) is 64.3 Å². The molecule has 0 fully saturated rings. The van der Waals surface area contributed by atoms with Gasteiger partial charge in [0.25, 0.3) is 0 Å². The van der Waals surface area contributed by atoms with Crippen molar-refractivity contribution in [2.45, 2.75) is 32.7 Å². The van der Waals surface area contributed by atoms with Crippen LogP contribution in [0.2, 0.25) is 0 Å². The third-order valence-corrected chi connectivity index (χ3v) is 2.49. The lowest BCUT2D eigenvalue weighted by Crippen LogP contribution is -2.12. The van der Waals surface area contributed by atoms with Crippen molar-refractivity contribution in [1.29, 1.82) is 0 Å². The molecule has 0 aliphatic heterocycles. The molecule has 0 unspecified atom stereocenters. The van der Waals surface area contributed by atoms with Crippen LogP contribution in [0.3, 0.4) is 0 Å². The SMILES string of the molecule is CCCOCCCC(=O)Nc1cccc(CN)c1. The van der Waals surface area contributed by atoms with Crippen LogP contribution in [0.25, 0.3) is 0 Å². The van der Waals surface area contributed by atoms with E-state index >= 15 is 0 Å². The van der Waals surface area contributed by atoms with Gasteiger partial charge in [-0.15, -0.1) is 0 Å². The van der Waals surface area contributed by atoms with Gasteiger partial charge in [-0.25, -0.2) is 0 Å². The first kappa shape index (κ1) is 14.7. The number of amides is 1. The molecule has 0 aliphatic rings. The lowest BCUT2D eigenvalue weighted by Gasteiger charge is -2.07. The Morgan fingerprint density at radius 1 is 1.39 bits per heavy atom. The van der Waals surface area contributed by atoms with Crippen molar-refractivity contribution in [1.82, 2.24) is 0 Å². The van der Waals surface area contributed by atoms with Gasteiger partial charge in [-0.1, -0.05) is 19.1 Å². The van der Waals surface area contributed by atoms with Gasteiger partial charge in [0.2, 0.25) is 5.91 Å². The van der Waals surface area contributed by atoms with Crippen LogP contribution in [-0.4, -0.2) is 19.1 Å². The minimum Gasteiger partial charge on any atom is -0.381 e. The zero-order valence-corrected chi connectivity index (χ0v) is 10.9. The molecule has 0 aromatic heterocycles. The number of anilines is 1. The van der Waals surface area contributed by atoms with Crippen LogP contribution in [0, 0.1) is 0 Å². The molecule has 0 heterocycles. The van der Waals surface area contributed by atoms with Crippen LogP contribution in [-0.2, 0) is 16.1 Å². The molecular weight excluding hydrogens is 228 g/mol. The Morgan fingerprint density at radius 3 is 2.94 bits per heavy atom. The van der Waals surface area contributed by atoms with Gasteiger partial charge in [0.15, 0.2) is 0 Å². The van der Waals surface area contributed by atoms with Gasteiger partial charge >= 0.3 is 0 Å². The standard InChI is InChI=1S/C14H22N2O2/c1-2-8-18-9-4-7-14(17)16-13-6-3-5-12(10-13)11-15/h3,5-6,10H,2,4,7-9,11,15H2,1H3,(H,16,17). The fourth-order valence-electron chi connectivity index (χ4n) is 1.58. The highest BCUT2D eigenvalue weighted by atomic mass is 16.5. The van der Waals surface area contributed by atoms with E-state index in [4.69, 9.17) is 10.5 Å². The number of ether oxygens (including phenoxy) is 1. The quantitative estimate of drug-likeness (QED) is 0.696. The molecule has 4 nitrogen and oxygen atoms in total. The second-order valence-electron chi connectivity index (χ2n) is 4.17. The highest BCUT2D eigenvalue weighted by Crippen LogP contribution is 2.10. The molecule has 0 saturated heterocycles. The lowest BCUT2D eigenvalue weighted by atomic mass is 10.2. The van der Waals surface area contributed by atoms with Gasteiger partial charge in [-0.2, -0.15) is 0 Å². The summed E-state index contributed by atoms with van der Waals surface area (Å²) in [6.45, 7) is 3.95. The molecule has 1 amide bonds. The molecule has 0 radical (unpaired) electrons. The predicted molar refractivity (Wildman–Crippen MR) is 73.3 cm³/mol. The monoisotopic (exact) mass is 250 g/mol. The predicted octanol–water partition coefficient (Wildman–Crippen LogP) is 2.29. The summed E-state index contributed by atoms with van der Waals surface area (Å²) in [7, 11) is 0. The Labute approximate surface area is 109 Å². The Kier molecular flexibility index (Phi) is 7.06. The van der Waals surface area contributed by atoms with Gasteiger partial charge in [0, 0.05) is 31.9 Å². The average molecular weight is 250 g/mol. The zero-order valence-electron chi connectivity index (χ0n) is 10.9. The normalized spacial score (nSPS) is 10.3. The van der Waals surface area contributed by atoms with E-state index < -0.39 is 0 Å². The third kappa shape index (κ3) is 5.80. The summed E-state index contributed by atoms with van der Waals surface area (Å²) in [5.41, 5.74) is 7.36.